The SMILES string of the molecule is O=C(NCCNC(=O)[C@H]1CCCO1)c1c(F)cccc1F. The van der Waals surface area contributed by atoms with Crippen LogP contribution in [0.25, 0.3) is 0 Å². The molecule has 1 aliphatic rings. The summed E-state index contributed by atoms with van der Waals surface area (Å²) >= 11 is 0. The van der Waals surface area contributed by atoms with Crippen LogP contribution in [0.15, 0.2) is 18.2 Å². The Morgan fingerprint density at radius 1 is 1.19 bits per heavy atom. The topological polar surface area (TPSA) is 67.4 Å². The second-order valence-electron chi connectivity index (χ2n) is 4.65. The molecule has 0 spiro atoms. The third-order valence-corrected chi connectivity index (χ3v) is 3.12. The number of amides is 2. The van der Waals surface area contributed by atoms with Gasteiger partial charge in [-0.1, -0.05) is 6.07 Å². The minimum atomic E-state index is -0.920. The smallest absolute Gasteiger partial charge is 0.257 e. The zero-order valence-electron chi connectivity index (χ0n) is 11.3. The van der Waals surface area contributed by atoms with E-state index in [1.165, 1.54) is 6.07 Å². The molecule has 0 saturated carbocycles. The molecule has 1 aliphatic heterocycles. The van der Waals surface area contributed by atoms with Gasteiger partial charge in [-0.25, -0.2) is 8.78 Å². The number of halogens is 2. The quantitative estimate of drug-likeness (QED) is 0.797. The van der Waals surface area contributed by atoms with Gasteiger partial charge >= 0.3 is 0 Å². The van der Waals surface area contributed by atoms with Gasteiger partial charge in [0.1, 0.15) is 23.3 Å². The lowest BCUT2D eigenvalue weighted by atomic mass is 10.2. The number of nitrogens with one attached hydrogen (secondary N) is 2. The zero-order chi connectivity index (χ0) is 15.2. The molecule has 1 aromatic rings. The van der Waals surface area contributed by atoms with Crippen molar-refractivity contribution in [3.05, 3.63) is 35.4 Å². The molecule has 2 amide bonds. The predicted octanol–water partition coefficient (Wildman–Crippen LogP) is 0.990. The van der Waals surface area contributed by atoms with Crippen molar-refractivity contribution in [3.8, 4) is 0 Å². The Bertz CT molecular complexity index is 511. The molecule has 1 aromatic carbocycles. The fourth-order valence-corrected chi connectivity index (χ4v) is 2.06. The normalized spacial score (nSPS) is 17.5. The molecule has 1 heterocycles. The summed E-state index contributed by atoms with van der Waals surface area (Å²) in [6.45, 7) is 0.812. The predicted molar refractivity (Wildman–Crippen MR) is 70.7 cm³/mol. The maximum Gasteiger partial charge on any atom is 0.257 e. The van der Waals surface area contributed by atoms with Crippen molar-refractivity contribution >= 4 is 11.8 Å². The summed E-state index contributed by atoms with van der Waals surface area (Å²) in [4.78, 5) is 23.3. The van der Waals surface area contributed by atoms with Crippen LogP contribution in [-0.4, -0.2) is 37.6 Å². The fourth-order valence-electron chi connectivity index (χ4n) is 2.06. The van der Waals surface area contributed by atoms with Crippen LogP contribution >= 0.6 is 0 Å². The first-order chi connectivity index (χ1) is 10.1. The van der Waals surface area contributed by atoms with Gasteiger partial charge < -0.3 is 15.4 Å². The maximum atomic E-state index is 13.4. The van der Waals surface area contributed by atoms with E-state index in [4.69, 9.17) is 4.74 Å². The van der Waals surface area contributed by atoms with Crippen molar-refractivity contribution in [1.29, 1.82) is 0 Å². The highest BCUT2D eigenvalue weighted by atomic mass is 19.1. The first kappa shape index (κ1) is 15.4. The molecule has 0 unspecified atom stereocenters. The molecule has 7 heteroatoms. The molecule has 1 atom stereocenters. The van der Waals surface area contributed by atoms with Crippen molar-refractivity contribution in [1.82, 2.24) is 10.6 Å². The van der Waals surface area contributed by atoms with E-state index < -0.39 is 29.2 Å². The monoisotopic (exact) mass is 298 g/mol. The summed E-state index contributed by atoms with van der Waals surface area (Å²) in [6, 6.07) is 3.21. The number of carbonyl (C=O) groups is 2. The summed E-state index contributed by atoms with van der Waals surface area (Å²) in [6.07, 6.45) is 1.09. The molecule has 0 bridgehead atoms. The first-order valence-electron chi connectivity index (χ1n) is 6.71. The Labute approximate surface area is 120 Å². The summed E-state index contributed by atoms with van der Waals surface area (Å²) < 4.78 is 31.9. The lowest BCUT2D eigenvalue weighted by Gasteiger charge is -2.11. The highest BCUT2D eigenvalue weighted by Gasteiger charge is 2.23. The van der Waals surface area contributed by atoms with Crippen LogP contribution in [0.4, 0.5) is 8.78 Å². The van der Waals surface area contributed by atoms with Gasteiger partial charge in [-0.15, -0.1) is 0 Å². The number of hydrogen-bond acceptors (Lipinski definition) is 3. The van der Waals surface area contributed by atoms with Crippen molar-refractivity contribution in [2.45, 2.75) is 18.9 Å². The van der Waals surface area contributed by atoms with Gasteiger partial charge in [0.05, 0.1) is 0 Å². The maximum absolute atomic E-state index is 13.4. The van der Waals surface area contributed by atoms with Gasteiger partial charge in [-0.3, -0.25) is 9.59 Å². The lowest BCUT2D eigenvalue weighted by Crippen LogP contribution is -2.39. The second-order valence-corrected chi connectivity index (χ2v) is 4.65. The van der Waals surface area contributed by atoms with Crippen LogP contribution < -0.4 is 10.6 Å². The number of benzene rings is 1. The summed E-state index contributed by atoms with van der Waals surface area (Å²) in [5, 5.41) is 4.95. The van der Waals surface area contributed by atoms with Crippen LogP contribution in [0, 0.1) is 11.6 Å². The van der Waals surface area contributed by atoms with Crippen molar-refractivity contribution < 1.29 is 23.1 Å². The third kappa shape index (κ3) is 3.98. The van der Waals surface area contributed by atoms with Crippen LogP contribution in [0.2, 0.25) is 0 Å². The lowest BCUT2D eigenvalue weighted by molar-refractivity contribution is -0.129. The van der Waals surface area contributed by atoms with Gasteiger partial charge in [-0.05, 0) is 25.0 Å². The minimum absolute atomic E-state index is 0.0745. The number of ether oxygens (including phenoxy) is 1. The molecule has 1 fully saturated rings. The summed E-state index contributed by atoms with van der Waals surface area (Å²) in [5.41, 5.74) is -0.622. The Kier molecular flexibility index (Phi) is 5.21. The minimum Gasteiger partial charge on any atom is -0.368 e. The van der Waals surface area contributed by atoms with E-state index in [1.54, 1.807) is 0 Å². The number of hydrogen-bond donors (Lipinski definition) is 2. The standard InChI is InChI=1S/C14H16F2N2O3/c15-9-3-1-4-10(16)12(9)14(20)18-7-6-17-13(19)11-5-2-8-21-11/h1,3-4,11H,2,5-8H2,(H,17,19)(H,18,20)/t11-/m1/s1. The molecule has 0 aliphatic carbocycles. The van der Waals surface area contributed by atoms with Crippen molar-refractivity contribution in [3.63, 3.8) is 0 Å². The number of carbonyl (C=O) groups excluding carboxylic acids is 2. The van der Waals surface area contributed by atoms with E-state index in [0.717, 1.165) is 18.6 Å². The highest BCUT2D eigenvalue weighted by Crippen LogP contribution is 2.12. The molecule has 114 valence electrons. The molecule has 5 nitrogen and oxygen atoms in total. The molecule has 1 saturated heterocycles. The molecule has 2 N–H and O–H groups in total. The number of rotatable bonds is 5. The second kappa shape index (κ2) is 7.12. The Morgan fingerprint density at radius 2 is 1.86 bits per heavy atom. The van der Waals surface area contributed by atoms with E-state index >= 15 is 0 Å². The van der Waals surface area contributed by atoms with Crippen molar-refractivity contribution in [2.75, 3.05) is 19.7 Å². The average molecular weight is 298 g/mol. The van der Waals surface area contributed by atoms with Gasteiger partial charge in [0.2, 0.25) is 5.91 Å². The molecular weight excluding hydrogens is 282 g/mol. The Hall–Kier alpha value is -2.02. The van der Waals surface area contributed by atoms with E-state index in [1.807, 2.05) is 0 Å². The van der Waals surface area contributed by atoms with E-state index in [0.29, 0.717) is 13.0 Å². The Morgan fingerprint density at radius 3 is 2.48 bits per heavy atom. The van der Waals surface area contributed by atoms with E-state index in [-0.39, 0.29) is 19.0 Å². The third-order valence-electron chi connectivity index (χ3n) is 3.12. The van der Waals surface area contributed by atoms with Gasteiger partial charge in [0.15, 0.2) is 0 Å². The van der Waals surface area contributed by atoms with Crippen molar-refractivity contribution in [2.24, 2.45) is 0 Å². The van der Waals surface area contributed by atoms with E-state index in [2.05, 4.69) is 10.6 Å². The van der Waals surface area contributed by atoms with Gasteiger partial charge in [0, 0.05) is 19.7 Å². The van der Waals surface area contributed by atoms with Crippen LogP contribution in [0.3, 0.4) is 0 Å². The largest absolute Gasteiger partial charge is 0.368 e. The zero-order valence-corrected chi connectivity index (χ0v) is 11.3. The van der Waals surface area contributed by atoms with Crippen LogP contribution in [0.5, 0.6) is 0 Å². The molecule has 0 radical (unpaired) electrons. The van der Waals surface area contributed by atoms with Crippen LogP contribution in [0.1, 0.15) is 23.2 Å². The molecule has 21 heavy (non-hydrogen) atoms. The average Bonchev–Trinajstić information content (AvgIpc) is 2.97. The summed E-state index contributed by atoms with van der Waals surface area (Å²) in [7, 11) is 0. The first-order valence-corrected chi connectivity index (χ1v) is 6.71. The highest BCUT2D eigenvalue weighted by molar-refractivity contribution is 5.94. The van der Waals surface area contributed by atoms with Crippen LogP contribution in [-0.2, 0) is 9.53 Å². The summed E-state index contributed by atoms with van der Waals surface area (Å²) in [5.74, 6) is -2.93. The van der Waals surface area contributed by atoms with Gasteiger partial charge in [-0.2, -0.15) is 0 Å². The van der Waals surface area contributed by atoms with E-state index in [9.17, 15) is 18.4 Å². The van der Waals surface area contributed by atoms with Gasteiger partial charge in [0.25, 0.3) is 5.91 Å². The molecular formula is C14H16F2N2O3. The Balaban J connectivity index is 1.75. The molecule has 0 aromatic heterocycles. The molecule has 2 rings (SSSR count). The fraction of sp³-hybridized carbons (Fsp3) is 0.429.